The highest BCUT2D eigenvalue weighted by molar-refractivity contribution is 7.99. The summed E-state index contributed by atoms with van der Waals surface area (Å²) >= 11 is 1.97. The van der Waals surface area contributed by atoms with Gasteiger partial charge in [0, 0.05) is 0 Å². The largest absolute Gasteiger partial charge is 0.480 e. The van der Waals surface area contributed by atoms with Gasteiger partial charge < -0.3 is 10.8 Å². The molecule has 0 spiro atoms. The van der Waals surface area contributed by atoms with Gasteiger partial charge in [-0.2, -0.15) is 11.8 Å². The Hall–Kier alpha value is -1.00. The predicted octanol–water partition coefficient (Wildman–Crippen LogP) is 2.38. The van der Waals surface area contributed by atoms with Crippen molar-refractivity contribution in [2.24, 2.45) is 5.73 Å². The number of benzene rings is 1. The number of hydrogen-bond acceptors (Lipinski definition) is 3. The van der Waals surface area contributed by atoms with Gasteiger partial charge in [-0.25, -0.2) is 0 Å². The van der Waals surface area contributed by atoms with Gasteiger partial charge in [-0.05, 0) is 41.4 Å². The summed E-state index contributed by atoms with van der Waals surface area (Å²) in [4.78, 5) is 11.0. The summed E-state index contributed by atoms with van der Waals surface area (Å²) in [5.74, 6) is 1.82. The second kappa shape index (κ2) is 5.56. The van der Waals surface area contributed by atoms with E-state index < -0.39 is 12.0 Å². The molecule has 1 aliphatic heterocycles. The van der Waals surface area contributed by atoms with Gasteiger partial charge in [-0.3, -0.25) is 4.79 Å². The maximum absolute atomic E-state index is 11.0. The standard InChI is InChI=1S/C13H17NO2S/c14-12(13(15)16)11-4-2-1-3-10(11)9-5-7-17-8-6-9/h1-4,9,12H,5-8,14H2,(H,15,16). The summed E-state index contributed by atoms with van der Waals surface area (Å²) in [6.07, 6.45) is 2.24. The highest BCUT2D eigenvalue weighted by Crippen LogP contribution is 2.34. The third kappa shape index (κ3) is 2.82. The van der Waals surface area contributed by atoms with Crippen LogP contribution in [-0.4, -0.2) is 22.6 Å². The van der Waals surface area contributed by atoms with Crippen LogP contribution in [0.5, 0.6) is 0 Å². The molecule has 1 aromatic carbocycles. The molecule has 17 heavy (non-hydrogen) atoms. The van der Waals surface area contributed by atoms with Crippen molar-refractivity contribution in [2.75, 3.05) is 11.5 Å². The molecule has 92 valence electrons. The average Bonchev–Trinajstić information content (AvgIpc) is 2.39. The van der Waals surface area contributed by atoms with Crippen LogP contribution in [0.3, 0.4) is 0 Å². The lowest BCUT2D eigenvalue weighted by Gasteiger charge is -2.25. The molecule has 1 atom stereocenters. The molecule has 0 saturated carbocycles. The number of hydrogen-bond donors (Lipinski definition) is 2. The van der Waals surface area contributed by atoms with Gasteiger partial charge in [0.15, 0.2) is 0 Å². The molecule has 1 aliphatic rings. The van der Waals surface area contributed by atoms with Gasteiger partial charge in [-0.1, -0.05) is 24.3 Å². The van der Waals surface area contributed by atoms with Crippen LogP contribution in [0.25, 0.3) is 0 Å². The van der Waals surface area contributed by atoms with E-state index in [-0.39, 0.29) is 0 Å². The van der Waals surface area contributed by atoms with Crippen LogP contribution in [0.15, 0.2) is 24.3 Å². The van der Waals surface area contributed by atoms with Crippen molar-refractivity contribution in [2.45, 2.75) is 24.8 Å². The third-order valence-electron chi connectivity index (χ3n) is 3.26. The van der Waals surface area contributed by atoms with E-state index in [1.54, 1.807) is 0 Å². The van der Waals surface area contributed by atoms with Crippen molar-refractivity contribution >= 4 is 17.7 Å². The molecule has 4 heteroatoms. The van der Waals surface area contributed by atoms with E-state index in [1.807, 2.05) is 36.0 Å². The fraction of sp³-hybridized carbons (Fsp3) is 0.462. The van der Waals surface area contributed by atoms with Crippen LogP contribution in [0, 0.1) is 0 Å². The molecule has 0 aliphatic carbocycles. The zero-order valence-corrected chi connectivity index (χ0v) is 10.5. The van der Waals surface area contributed by atoms with Gasteiger partial charge in [0.2, 0.25) is 0 Å². The number of carboxylic acid groups (broad SMARTS) is 1. The molecule has 3 N–H and O–H groups in total. The topological polar surface area (TPSA) is 63.3 Å². The molecular weight excluding hydrogens is 234 g/mol. The van der Waals surface area contributed by atoms with Gasteiger partial charge in [-0.15, -0.1) is 0 Å². The maximum Gasteiger partial charge on any atom is 0.325 e. The lowest BCUT2D eigenvalue weighted by atomic mass is 9.87. The molecule has 0 amide bonds. The first-order valence-corrected chi connectivity index (χ1v) is 7.00. The number of rotatable bonds is 3. The molecule has 1 fully saturated rings. The van der Waals surface area contributed by atoms with Gasteiger partial charge >= 0.3 is 5.97 Å². The van der Waals surface area contributed by atoms with Gasteiger partial charge in [0.05, 0.1) is 0 Å². The Labute approximate surface area is 105 Å². The van der Waals surface area contributed by atoms with Crippen molar-refractivity contribution in [3.63, 3.8) is 0 Å². The van der Waals surface area contributed by atoms with E-state index in [1.165, 1.54) is 0 Å². The summed E-state index contributed by atoms with van der Waals surface area (Å²) < 4.78 is 0. The van der Waals surface area contributed by atoms with Crippen LogP contribution >= 0.6 is 11.8 Å². The van der Waals surface area contributed by atoms with Crippen molar-refractivity contribution in [1.29, 1.82) is 0 Å². The van der Waals surface area contributed by atoms with Crippen molar-refractivity contribution in [3.05, 3.63) is 35.4 Å². The highest BCUT2D eigenvalue weighted by Gasteiger charge is 2.23. The van der Waals surface area contributed by atoms with Crippen LogP contribution in [-0.2, 0) is 4.79 Å². The zero-order chi connectivity index (χ0) is 12.3. The highest BCUT2D eigenvalue weighted by atomic mass is 32.2. The Kier molecular flexibility index (Phi) is 4.07. The van der Waals surface area contributed by atoms with E-state index in [0.29, 0.717) is 5.92 Å². The first-order valence-electron chi connectivity index (χ1n) is 5.85. The lowest BCUT2D eigenvalue weighted by Crippen LogP contribution is -2.23. The van der Waals surface area contributed by atoms with Gasteiger partial charge in [0.1, 0.15) is 6.04 Å². The van der Waals surface area contributed by atoms with E-state index in [2.05, 4.69) is 0 Å². The second-order valence-electron chi connectivity index (χ2n) is 4.33. The van der Waals surface area contributed by atoms with Crippen molar-refractivity contribution < 1.29 is 9.90 Å². The Morgan fingerprint density at radius 1 is 1.35 bits per heavy atom. The minimum Gasteiger partial charge on any atom is -0.480 e. The average molecular weight is 251 g/mol. The third-order valence-corrected chi connectivity index (χ3v) is 4.31. The van der Waals surface area contributed by atoms with E-state index in [0.717, 1.165) is 35.5 Å². The van der Waals surface area contributed by atoms with Crippen LogP contribution < -0.4 is 5.73 Å². The molecule has 1 aromatic rings. The minimum absolute atomic E-state index is 0.470. The number of thioether (sulfide) groups is 1. The fourth-order valence-electron chi connectivity index (χ4n) is 2.31. The van der Waals surface area contributed by atoms with E-state index in [4.69, 9.17) is 10.8 Å². The quantitative estimate of drug-likeness (QED) is 0.865. The van der Waals surface area contributed by atoms with Gasteiger partial charge in [0.25, 0.3) is 0 Å². The van der Waals surface area contributed by atoms with E-state index >= 15 is 0 Å². The molecule has 1 unspecified atom stereocenters. The SMILES string of the molecule is NC(C(=O)O)c1ccccc1C1CCSCC1. The van der Waals surface area contributed by atoms with Crippen LogP contribution in [0.1, 0.15) is 35.9 Å². The van der Waals surface area contributed by atoms with Crippen LogP contribution in [0.2, 0.25) is 0 Å². The summed E-state index contributed by atoms with van der Waals surface area (Å²) in [5, 5.41) is 9.03. The maximum atomic E-state index is 11.0. The summed E-state index contributed by atoms with van der Waals surface area (Å²) in [6.45, 7) is 0. The molecule has 1 saturated heterocycles. The Balaban J connectivity index is 2.29. The van der Waals surface area contributed by atoms with Crippen LogP contribution in [0.4, 0.5) is 0 Å². The second-order valence-corrected chi connectivity index (χ2v) is 5.56. The van der Waals surface area contributed by atoms with Crippen molar-refractivity contribution in [1.82, 2.24) is 0 Å². The number of aliphatic carboxylic acids is 1. The Morgan fingerprint density at radius 2 is 2.00 bits per heavy atom. The molecule has 3 nitrogen and oxygen atoms in total. The van der Waals surface area contributed by atoms with Crippen molar-refractivity contribution in [3.8, 4) is 0 Å². The summed E-state index contributed by atoms with van der Waals surface area (Å²) in [6, 6.07) is 6.80. The zero-order valence-electron chi connectivity index (χ0n) is 9.63. The first kappa shape index (κ1) is 12.5. The number of nitrogens with two attached hydrogens (primary N) is 1. The number of carbonyl (C=O) groups is 1. The molecule has 1 heterocycles. The Morgan fingerprint density at radius 3 is 2.65 bits per heavy atom. The monoisotopic (exact) mass is 251 g/mol. The first-order chi connectivity index (χ1) is 8.20. The normalized spacial score (nSPS) is 18.9. The molecule has 0 aromatic heterocycles. The summed E-state index contributed by atoms with van der Waals surface area (Å²) in [5.41, 5.74) is 7.64. The predicted molar refractivity (Wildman–Crippen MR) is 70.3 cm³/mol. The summed E-state index contributed by atoms with van der Waals surface area (Å²) in [7, 11) is 0. The lowest BCUT2D eigenvalue weighted by molar-refractivity contribution is -0.138. The Bertz CT molecular complexity index is 402. The van der Waals surface area contributed by atoms with E-state index in [9.17, 15) is 4.79 Å². The number of carboxylic acids is 1. The molecule has 2 rings (SSSR count). The molecular formula is C13H17NO2S. The minimum atomic E-state index is -0.956. The molecule has 0 radical (unpaired) electrons. The fourth-order valence-corrected chi connectivity index (χ4v) is 3.41. The molecule has 0 bridgehead atoms. The smallest absolute Gasteiger partial charge is 0.325 e.